The minimum Gasteiger partial charge on any atom is -0.391 e. The molecule has 3 aliphatic rings. The molecule has 0 aliphatic carbocycles. The number of fused-ring (bicyclic) bond motifs is 4. The molecule has 7 rings (SSSR count). The first-order valence-electron chi connectivity index (χ1n) is 12.0. The Hall–Kier alpha value is -3.07. The Morgan fingerprint density at radius 1 is 1.06 bits per heavy atom. The van der Waals surface area contributed by atoms with E-state index in [1.54, 1.807) is 6.20 Å². The second-order valence-electron chi connectivity index (χ2n) is 9.69. The van der Waals surface area contributed by atoms with Crippen molar-refractivity contribution in [1.82, 2.24) is 20.3 Å². The molecule has 0 amide bonds. The van der Waals surface area contributed by atoms with Crippen molar-refractivity contribution in [2.24, 2.45) is 0 Å². The lowest BCUT2D eigenvalue weighted by molar-refractivity contribution is 0.163. The largest absolute Gasteiger partial charge is 0.391 e. The van der Waals surface area contributed by atoms with E-state index in [1.165, 1.54) is 0 Å². The highest BCUT2D eigenvalue weighted by Gasteiger charge is 2.40. The fourth-order valence-corrected chi connectivity index (χ4v) is 5.88. The van der Waals surface area contributed by atoms with Crippen LogP contribution in [-0.4, -0.2) is 64.4 Å². The van der Waals surface area contributed by atoms with Crippen molar-refractivity contribution < 1.29 is 9.50 Å². The third-order valence-corrected chi connectivity index (χ3v) is 7.81. The molecule has 7 nitrogen and oxygen atoms in total. The number of piperazine rings is 1. The fourth-order valence-electron chi connectivity index (χ4n) is 5.60. The van der Waals surface area contributed by atoms with E-state index in [1.807, 2.05) is 36.4 Å². The van der Waals surface area contributed by atoms with Crippen molar-refractivity contribution in [3.63, 3.8) is 0 Å². The number of hydrogen-bond acceptors (Lipinski definition) is 7. The van der Waals surface area contributed by atoms with Crippen LogP contribution in [0.4, 0.5) is 16.2 Å². The Labute approximate surface area is 206 Å². The molecule has 2 unspecified atom stereocenters. The monoisotopic (exact) mass is 490 g/mol. The number of anilines is 2. The Morgan fingerprint density at radius 2 is 1.89 bits per heavy atom. The first-order valence-corrected chi connectivity index (χ1v) is 12.4. The van der Waals surface area contributed by atoms with E-state index in [9.17, 15) is 5.11 Å². The lowest BCUT2D eigenvalue weighted by atomic mass is 10.0. The summed E-state index contributed by atoms with van der Waals surface area (Å²) >= 11 is 6.53. The van der Waals surface area contributed by atoms with Crippen molar-refractivity contribution in [1.29, 1.82) is 0 Å². The van der Waals surface area contributed by atoms with Gasteiger partial charge in [0.25, 0.3) is 0 Å². The van der Waals surface area contributed by atoms with E-state index < -0.39 is 5.82 Å². The lowest BCUT2D eigenvalue weighted by Gasteiger charge is -2.36. The Morgan fingerprint density at radius 3 is 2.66 bits per heavy atom. The summed E-state index contributed by atoms with van der Waals surface area (Å²) in [5.74, 6) is 0.743. The summed E-state index contributed by atoms with van der Waals surface area (Å²) < 4.78 is 16.3. The number of nitrogens with zero attached hydrogens (tertiary/aromatic N) is 5. The average Bonchev–Trinajstić information content (AvgIpc) is 3.08. The molecular weight excluding hydrogens is 467 g/mol. The molecule has 0 spiro atoms. The van der Waals surface area contributed by atoms with Crippen LogP contribution in [-0.2, 0) is 0 Å². The first-order chi connectivity index (χ1) is 17.1. The third-order valence-electron chi connectivity index (χ3n) is 7.50. The molecule has 2 aromatic carbocycles. The van der Waals surface area contributed by atoms with Gasteiger partial charge in [-0.2, -0.15) is 4.98 Å². The summed E-state index contributed by atoms with van der Waals surface area (Å²) in [5.41, 5.74) is 1.13. The quantitative estimate of drug-likeness (QED) is 0.453. The molecule has 0 radical (unpaired) electrons. The van der Waals surface area contributed by atoms with Gasteiger partial charge in [0, 0.05) is 54.4 Å². The molecule has 9 heteroatoms. The minimum atomic E-state index is -0.474. The molecule has 2 bridgehead atoms. The number of hydrogen-bond donors (Lipinski definition) is 2. The van der Waals surface area contributed by atoms with E-state index in [4.69, 9.17) is 16.6 Å². The van der Waals surface area contributed by atoms with E-state index in [0.717, 1.165) is 30.3 Å². The number of aromatic nitrogens is 3. The van der Waals surface area contributed by atoms with Gasteiger partial charge < -0.3 is 20.2 Å². The fraction of sp³-hybridized carbons (Fsp3) is 0.346. The lowest BCUT2D eigenvalue weighted by Crippen LogP contribution is -2.53. The van der Waals surface area contributed by atoms with Gasteiger partial charge in [0.15, 0.2) is 5.82 Å². The smallest absolute Gasteiger partial charge is 0.228 e. The molecule has 2 aromatic heterocycles. The number of aliphatic hydroxyl groups is 1. The molecule has 5 heterocycles. The molecule has 178 valence electrons. The number of pyridine rings is 1. The highest BCUT2D eigenvalue weighted by molar-refractivity contribution is 6.36. The highest BCUT2D eigenvalue weighted by Crippen LogP contribution is 2.38. The minimum absolute atomic E-state index is 0.0267. The maximum Gasteiger partial charge on any atom is 0.228 e. The van der Waals surface area contributed by atoms with Crippen LogP contribution in [0.3, 0.4) is 0 Å². The topological polar surface area (TPSA) is 77.4 Å². The van der Waals surface area contributed by atoms with E-state index in [2.05, 4.69) is 25.1 Å². The van der Waals surface area contributed by atoms with E-state index in [0.29, 0.717) is 47.2 Å². The van der Waals surface area contributed by atoms with Gasteiger partial charge in [-0.25, -0.2) is 9.37 Å². The van der Waals surface area contributed by atoms with Gasteiger partial charge in [-0.05, 0) is 24.3 Å². The second kappa shape index (κ2) is 7.98. The summed E-state index contributed by atoms with van der Waals surface area (Å²) in [6.45, 7) is 3.01. The average molecular weight is 491 g/mol. The van der Waals surface area contributed by atoms with Gasteiger partial charge >= 0.3 is 0 Å². The normalized spacial score (nSPS) is 23.8. The van der Waals surface area contributed by atoms with Crippen LogP contribution in [0, 0.1) is 5.82 Å². The van der Waals surface area contributed by atoms with Crippen molar-refractivity contribution in [3.8, 4) is 11.3 Å². The molecule has 3 saturated heterocycles. The maximum absolute atomic E-state index is 16.3. The number of aliphatic hydroxyl groups excluding tert-OH is 1. The van der Waals surface area contributed by atoms with E-state index in [-0.39, 0.29) is 29.4 Å². The van der Waals surface area contributed by atoms with E-state index >= 15 is 4.39 Å². The predicted octanol–water partition coefficient (Wildman–Crippen LogP) is 3.76. The first kappa shape index (κ1) is 21.2. The van der Waals surface area contributed by atoms with Gasteiger partial charge in [-0.15, -0.1) is 0 Å². The predicted molar refractivity (Wildman–Crippen MR) is 136 cm³/mol. The van der Waals surface area contributed by atoms with Gasteiger partial charge in [-0.1, -0.05) is 41.9 Å². The highest BCUT2D eigenvalue weighted by atomic mass is 35.5. The summed E-state index contributed by atoms with van der Waals surface area (Å²) in [4.78, 5) is 18.4. The molecular formula is C26H24ClFN6O. The van der Waals surface area contributed by atoms with Crippen LogP contribution in [0.15, 0.2) is 42.6 Å². The Kier molecular flexibility index (Phi) is 4.84. The number of rotatable bonds is 3. The molecule has 3 aliphatic heterocycles. The molecule has 0 saturated carbocycles. The molecule has 2 N–H and O–H groups in total. The zero-order valence-electron chi connectivity index (χ0n) is 19.0. The van der Waals surface area contributed by atoms with Crippen LogP contribution < -0.4 is 15.1 Å². The SMILES string of the molecule is O[C@@H]1CC2CN(c3nc(N4CCC4)nc4c(F)c(-c5cccc6cccc(Cl)c56)ncc34)CC1N2. The molecule has 35 heavy (non-hydrogen) atoms. The van der Waals surface area contributed by atoms with Crippen LogP contribution in [0.25, 0.3) is 32.9 Å². The van der Waals surface area contributed by atoms with Crippen molar-refractivity contribution in [2.75, 3.05) is 36.0 Å². The summed E-state index contributed by atoms with van der Waals surface area (Å²) in [6, 6.07) is 11.5. The van der Waals surface area contributed by atoms with Gasteiger partial charge in [0.05, 0.1) is 17.5 Å². The van der Waals surface area contributed by atoms with Crippen LogP contribution >= 0.6 is 11.6 Å². The van der Waals surface area contributed by atoms with Crippen molar-refractivity contribution in [3.05, 3.63) is 53.4 Å². The Balaban J connectivity index is 1.42. The number of benzene rings is 2. The standard InChI is InChI=1S/C26H24ClFN6O/c27-18-7-2-5-14-4-1-6-16(21(14)18)23-22(28)24-17(11-29-23)25(32-26(31-24)33-8-3-9-33)34-12-15-10-20(35)19(13-34)30-15/h1-2,4-7,11,15,19-20,30,35H,3,8-10,12-13H2/t15?,19?,20-/m1/s1. The van der Waals surface area contributed by atoms with Crippen molar-refractivity contribution in [2.45, 2.75) is 31.0 Å². The van der Waals surface area contributed by atoms with Crippen LogP contribution in [0.2, 0.25) is 5.02 Å². The zero-order valence-corrected chi connectivity index (χ0v) is 19.7. The van der Waals surface area contributed by atoms with Gasteiger partial charge in [0.2, 0.25) is 5.95 Å². The number of halogens is 2. The molecule has 4 aromatic rings. The zero-order chi connectivity index (χ0) is 23.7. The number of nitrogens with one attached hydrogen (secondary N) is 1. The molecule has 3 atom stereocenters. The maximum atomic E-state index is 16.3. The summed E-state index contributed by atoms with van der Waals surface area (Å²) in [6.07, 6.45) is 3.07. The second-order valence-corrected chi connectivity index (χ2v) is 10.1. The van der Waals surface area contributed by atoms with Crippen LogP contribution in [0.1, 0.15) is 12.8 Å². The summed E-state index contributed by atoms with van der Waals surface area (Å²) in [7, 11) is 0. The summed E-state index contributed by atoms with van der Waals surface area (Å²) in [5, 5.41) is 16.7. The van der Waals surface area contributed by atoms with Crippen LogP contribution in [0.5, 0.6) is 0 Å². The molecule has 3 fully saturated rings. The third kappa shape index (κ3) is 3.35. The Bertz CT molecular complexity index is 1470. The van der Waals surface area contributed by atoms with Gasteiger partial charge in [0.1, 0.15) is 17.0 Å². The van der Waals surface area contributed by atoms with Crippen molar-refractivity contribution >= 4 is 45.0 Å². The van der Waals surface area contributed by atoms with Gasteiger partial charge in [-0.3, -0.25) is 4.98 Å².